The molecule has 0 aromatic carbocycles. The summed E-state index contributed by atoms with van der Waals surface area (Å²) >= 11 is -2.77. The van der Waals surface area contributed by atoms with E-state index in [9.17, 15) is 13.6 Å². The third-order valence-corrected chi connectivity index (χ3v) is 0.972. The van der Waals surface area contributed by atoms with Gasteiger partial charge in [0.15, 0.2) is 0 Å². The van der Waals surface area contributed by atoms with Gasteiger partial charge in [0, 0.05) is 6.04 Å². The van der Waals surface area contributed by atoms with E-state index in [1.165, 1.54) is 0 Å². The highest BCUT2D eigenvalue weighted by atomic mass is 32.2. The average molecular weight is 166 g/mol. The molecule has 0 bridgehead atoms. The Kier molecular flexibility index (Phi) is 4.17. The quantitative estimate of drug-likeness (QED) is 0.546. The monoisotopic (exact) mass is 166 g/mol. The Morgan fingerprint density at radius 3 is 2.70 bits per heavy atom. The molecule has 2 N–H and O–H groups in total. The molecule has 2 unspecified atom stereocenters. The van der Waals surface area contributed by atoms with Gasteiger partial charge in [-0.2, -0.15) is 0 Å². The van der Waals surface area contributed by atoms with Crippen LogP contribution in [0, 0.1) is 0 Å². The summed E-state index contributed by atoms with van der Waals surface area (Å²) in [5.74, 6) is -0.830. The molecule has 0 spiro atoms. The van der Waals surface area contributed by atoms with Gasteiger partial charge >= 0.3 is 5.97 Å². The predicted molar refractivity (Wildman–Crippen MR) is 33.3 cm³/mol. The molecule has 0 rings (SSSR count). The number of hydrogen-bond acceptors (Lipinski definition) is 5. The van der Waals surface area contributed by atoms with Gasteiger partial charge in [-0.05, 0) is 6.92 Å². The highest BCUT2D eigenvalue weighted by Gasteiger charge is 2.05. The van der Waals surface area contributed by atoms with Crippen LogP contribution in [0.3, 0.4) is 0 Å². The molecule has 0 amide bonds. The Morgan fingerprint density at radius 1 is 1.90 bits per heavy atom. The maximum absolute atomic E-state index is 10.4. The van der Waals surface area contributed by atoms with Crippen LogP contribution in [0.15, 0.2) is 0 Å². The molecular weight excluding hydrogens is 158 g/mol. The zero-order valence-corrected chi connectivity index (χ0v) is 6.22. The third kappa shape index (κ3) is 5.67. The van der Waals surface area contributed by atoms with Crippen LogP contribution in [0.4, 0.5) is 0 Å². The highest BCUT2D eigenvalue weighted by Crippen LogP contribution is 1.91. The van der Waals surface area contributed by atoms with Crippen molar-refractivity contribution in [2.75, 3.05) is 0 Å². The van der Waals surface area contributed by atoms with Crippen LogP contribution in [-0.2, 0) is 20.3 Å². The SMILES string of the molecule is CC(N)CC(=O)OS(=O)[O-]. The second kappa shape index (κ2) is 4.37. The first-order valence-electron chi connectivity index (χ1n) is 2.58. The summed E-state index contributed by atoms with van der Waals surface area (Å²) in [6.07, 6.45) is -0.0893. The minimum Gasteiger partial charge on any atom is -0.740 e. The van der Waals surface area contributed by atoms with Crippen molar-refractivity contribution >= 4 is 17.3 Å². The molecule has 0 radical (unpaired) electrons. The molecule has 0 saturated heterocycles. The van der Waals surface area contributed by atoms with Crippen LogP contribution < -0.4 is 5.73 Å². The van der Waals surface area contributed by atoms with Gasteiger partial charge in [0.2, 0.25) is 0 Å². The third-order valence-electron chi connectivity index (χ3n) is 0.650. The Balaban J connectivity index is 3.54. The Hall–Kier alpha value is -0.460. The lowest BCUT2D eigenvalue weighted by Gasteiger charge is -2.06. The summed E-state index contributed by atoms with van der Waals surface area (Å²) < 4.78 is 23.2. The van der Waals surface area contributed by atoms with E-state index in [2.05, 4.69) is 4.18 Å². The van der Waals surface area contributed by atoms with E-state index in [-0.39, 0.29) is 12.5 Å². The van der Waals surface area contributed by atoms with Crippen molar-refractivity contribution in [1.82, 2.24) is 0 Å². The molecule has 6 heteroatoms. The molecule has 5 nitrogen and oxygen atoms in total. The summed E-state index contributed by atoms with van der Waals surface area (Å²) in [5.41, 5.74) is 5.17. The van der Waals surface area contributed by atoms with E-state index < -0.39 is 17.3 Å². The molecule has 2 atom stereocenters. The van der Waals surface area contributed by atoms with Gasteiger partial charge in [-0.15, -0.1) is 0 Å². The number of hydrogen-bond donors (Lipinski definition) is 1. The van der Waals surface area contributed by atoms with Crippen LogP contribution in [0.1, 0.15) is 13.3 Å². The Bertz CT molecular complexity index is 146. The van der Waals surface area contributed by atoms with Crippen LogP contribution >= 0.6 is 0 Å². The van der Waals surface area contributed by atoms with Crippen LogP contribution in [-0.4, -0.2) is 20.8 Å². The van der Waals surface area contributed by atoms with Crippen molar-refractivity contribution in [1.29, 1.82) is 0 Å². The lowest BCUT2D eigenvalue weighted by molar-refractivity contribution is -0.134. The number of carbonyl (C=O) groups is 1. The molecule has 0 aliphatic carbocycles. The van der Waals surface area contributed by atoms with E-state index in [1.807, 2.05) is 0 Å². The average Bonchev–Trinajstić information content (AvgIpc) is 1.58. The zero-order chi connectivity index (χ0) is 8.15. The second-order valence-corrected chi connectivity index (χ2v) is 2.42. The van der Waals surface area contributed by atoms with Crippen molar-refractivity contribution in [2.45, 2.75) is 19.4 Å². The normalized spacial score (nSPS) is 15.9. The first-order chi connectivity index (χ1) is 4.52. The first-order valence-corrected chi connectivity index (χ1v) is 3.58. The van der Waals surface area contributed by atoms with E-state index in [1.54, 1.807) is 6.92 Å². The van der Waals surface area contributed by atoms with Gasteiger partial charge in [-0.25, -0.2) is 4.21 Å². The van der Waals surface area contributed by atoms with Gasteiger partial charge in [-0.1, -0.05) is 0 Å². The lowest BCUT2D eigenvalue weighted by atomic mass is 10.3. The molecule has 0 fully saturated rings. The highest BCUT2D eigenvalue weighted by molar-refractivity contribution is 7.74. The van der Waals surface area contributed by atoms with E-state index in [4.69, 9.17) is 5.73 Å². The molecule has 0 aromatic rings. The minimum absolute atomic E-state index is 0.0893. The molecule has 10 heavy (non-hydrogen) atoms. The smallest absolute Gasteiger partial charge is 0.320 e. The van der Waals surface area contributed by atoms with Gasteiger partial charge in [-0.3, -0.25) is 4.79 Å². The summed E-state index contributed by atoms with van der Waals surface area (Å²) in [6.45, 7) is 1.58. The predicted octanol–water partition coefficient (Wildman–Crippen LogP) is -0.939. The van der Waals surface area contributed by atoms with Gasteiger partial charge < -0.3 is 14.5 Å². The molecule has 0 saturated carbocycles. The summed E-state index contributed by atoms with van der Waals surface area (Å²) in [4.78, 5) is 10.4. The van der Waals surface area contributed by atoms with Crippen LogP contribution in [0.5, 0.6) is 0 Å². The van der Waals surface area contributed by atoms with E-state index in [0.717, 1.165) is 0 Å². The Labute approximate surface area is 61.0 Å². The van der Waals surface area contributed by atoms with Crippen molar-refractivity contribution in [2.24, 2.45) is 5.73 Å². The van der Waals surface area contributed by atoms with E-state index >= 15 is 0 Å². The standard InChI is InChI=1S/C4H9NO4S/c1-3(5)2-4(6)9-10(7)8/h3H,2,5H2,1H3,(H,7,8)/p-1. The zero-order valence-electron chi connectivity index (χ0n) is 5.40. The molecule has 60 valence electrons. The van der Waals surface area contributed by atoms with Gasteiger partial charge in [0.1, 0.15) is 11.4 Å². The second-order valence-electron chi connectivity index (χ2n) is 1.84. The molecule has 0 aliphatic rings. The molecular formula is C4H8NO4S-. The summed E-state index contributed by atoms with van der Waals surface area (Å²) in [5, 5.41) is 0. The number of nitrogens with two attached hydrogens (primary N) is 1. The van der Waals surface area contributed by atoms with E-state index in [0.29, 0.717) is 0 Å². The van der Waals surface area contributed by atoms with Gasteiger partial charge in [0.05, 0.1) is 6.42 Å². The summed E-state index contributed by atoms with van der Waals surface area (Å²) in [7, 11) is 0. The fourth-order valence-electron chi connectivity index (χ4n) is 0.373. The van der Waals surface area contributed by atoms with Crippen LogP contribution in [0.2, 0.25) is 0 Å². The topological polar surface area (TPSA) is 92.5 Å². The first kappa shape index (κ1) is 9.54. The van der Waals surface area contributed by atoms with Gasteiger partial charge in [0.25, 0.3) is 0 Å². The fourth-order valence-corrected chi connectivity index (χ4v) is 0.593. The van der Waals surface area contributed by atoms with Crippen LogP contribution in [0.25, 0.3) is 0 Å². The van der Waals surface area contributed by atoms with Crippen molar-refractivity contribution in [3.05, 3.63) is 0 Å². The Morgan fingerprint density at radius 2 is 2.40 bits per heavy atom. The number of carbonyl (C=O) groups excluding carboxylic acids is 1. The molecule has 0 aromatic heterocycles. The molecule has 0 heterocycles. The van der Waals surface area contributed by atoms with Crippen molar-refractivity contribution in [3.8, 4) is 0 Å². The fraction of sp³-hybridized carbons (Fsp3) is 0.750. The van der Waals surface area contributed by atoms with Crippen molar-refractivity contribution in [3.63, 3.8) is 0 Å². The molecule has 0 aliphatic heterocycles. The minimum atomic E-state index is -2.77. The summed E-state index contributed by atoms with van der Waals surface area (Å²) in [6, 6.07) is -0.379. The lowest BCUT2D eigenvalue weighted by Crippen LogP contribution is -2.21. The largest absolute Gasteiger partial charge is 0.740 e. The number of rotatable bonds is 3. The van der Waals surface area contributed by atoms with Crippen molar-refractivity contribution < 1.29 is 17.7 Å². The maximum atomic E-state index is 10.4. The maximum Gasteiger partial charge on any atom is 0.320 e.